The number of hydrogen-bond donors (Lipinski definition) is 3. The Morgan fingerprint density at radius 3 is 2.44 bits per heavy atom. The molecule has 2 aromatic heterocycles. The number of para-hydroxylation sites is 1. The minimum absolute atomic E-state index is 0.0304. The van der Waals surface area contributed by atoms with Gasteiger partial charge in [-0.1, -0.05) is 45.0 Å². The van der Waals surface area contributed by atoms with Gasteiger partial charge in [-0.05, 0) is 59.5 Å². The van der Waals surface area contributed by atoms with E-state index in [1.54, 1.807) is 42.1 Å². The average Bonchev–Trinajstić information content (AvgIpc) is 3.27. The minimum Gasteiger partial charge on any atom is -0.464 e. The zero-order chi connectivity index (χ0) is 31.1. The van der Waals surface area contributed by atoms with Crippen LogP contribution in [0.25, 0.3) is 11.0 Å². The molecule has 43 heavy (non-hydrogen) atoms. The van der Waals surface area contributed by atoms with E-state index in [0.717, 1.165) is 16.8 Å². The van der Waals surface area contributed by atoms with Gasteiger partial charge in [-0.15, -0.1) is 0 Å². The van der Waals surface area contributed by atoms with Crippen LogP contribution >= 0.6 is 0 Å². The molecule has 0 aliphatic carbocycles. The quantitative estimate of drug-likeness (QED) is 0.215. The fourth-order valence-corrected chi connectivity index (χ4v) is 5.35. The summed E-state index contributed by atoms with van der Waals surface area (Å²) < 4.78 is 25.2. The van der Waals surface area contributed by atoms with Crippen molar-refractivity contribution < 1.29 is 18.3 Å². The third kappa shape index (κ3) is 5.98. The predicted octanol–water partition coefficient (Wildman–Crippen LogP) is 5.64. The van der Waals surface area contributed by atoms with E-state index in [1.807, 2.05) is 69.1 Å². The van der Waals surface area contributed by atoms with Gasteiger partial charge in [0.25, 0.3) is 0 Å². The van der Waals surface area contributed by atoms with Gasteiger partial charge in [0.05, 0.1) is 21.6 Å². The van der Waals surface area contributed by atoms with Crippen LogP contribution < -0.4 is 20.3 Å². The van der Waals surface area contributed by atoms with E-state index in [9.17, 15) is 18.3 Å². The Kier molecular flexibility index (Phi) is 7.54. The number of primary sulfonamides is 1. The summed E-state index contributed by atoms with van der Waals surface area (Å²) in [6.45, 7) is 6.12. The lowest BCUT2D eigenvalue weighted by Crippen LogP contribution is -2.29. The van der Waals surface area contributed by atoms with E-state index in [2.05, 4.69) is 15.3 Å². The van der Waals surface area contributed by atoms with Crippen molar-refractivity contribution in [3.05, 3.63) is 84.6 Å². The molecule has 0 fully saturated rings. The summed E-state index contributed by atoms with van der Waals surface area (Å²) in [6, 6.07) is 20.9. The van der Waals surface area contributed by atoms with Crippen molar-refractivity contribution in [3.8, 4) is 0 Å². The second-order valence-electron chi connectivity index (χ2n) is 11.0. The smallest absolute Gasteiger partial charge is 0.418 e. The van der Waals surface area contributed by atoms with Crippen LogP contribution in [-0.4, -0.2) is 46.2 Å². The second kappa shape index (κ2) is 11.0. The van der Waals surface area contributed by atoms with Crippen LogP contribution in [0.5, 0.6) is 0 Å². The third-order valence-corrected chi connectivity index (χ3v) is 7.89. The molecule has 0 radical (unpaired) electrons. The van der Waals surface area contributed by atoms with Gasteiger partial charge in [0, 0.05) is 31.7 Å². The molecule has 5 aromatic rings. The third-order valence-electron chi connectivity index (χ3n) is 6.98. The van der Waals surface area contributed by atoms with Gasteiger partial charge in [0.1, 0.15) is 5.82 Å². The van der Waals surface area contributed by atoms with E-state index in [-0.39, 0.29) is 22.2 Å². The molecule has 0 saturated carbocycles. The fourth-order valence-electron chi connectivity index (χ4n) is 4.79. The van der Waals surface area contributed by atoms with Crippen molar-refractivity contribution in [2.75, 3.05) is 22.2 Å². The molecule has 0 atom stereocenters. The molecule has 0 bridgehead atoms. The highest BCUT2D eigenvalue weighted by molar-refractivity contribution is 7.89. The zero-order valence-corrected chi connectivity index (χ0v) is 25.2. The first-order valence-corrected chi connectivity index (χ1v) is 14.8. The van der Waals surface area contributed by atoms with Gasteiger partial charge in [0.2, 0.25) is 21.9 Å². The van der Waals surface area contributed by atoms with Crippen molar-refractivity contribution in [1.82, 2.24) is 19.5 Å². The lowest BCUT2D eigenvalue weighted by atomic mass is 9.85. The maximum atomic E-state index is 12.6. The van der Waals surface area contributed by atoms with Crippen LogP contribution in [0.1, 0.15) is 26.3 Å². The minimum atomic E-state index is -3.86. The number of carbonyl (C=O) groups is 1. The molecule has 12 nitrogen and oxygen atoms in total. The summed E-state index contributed by atoms with van der Waals surface area (Å²) in [6.07, 6.45) is 0.447. The van der Waals surface area contributed by atoms with Crippen LogP contribution in [0, 0.1) is 0 Å². The molecule has 0 aliphatic rings. The first kappa shape index (κ1) is 29.5. The maximum absolute atomic E-state index is 12.6. The number of anilines is 6. The number of nitrogens with one attached hydrogen (secondary N) is 1. The van der Waals surface area contributed by atoms with Crippen molar-refractivity contribution in [2.45, 2.75) is 31.1 Å². The Morgan fingerprint density at radius 1 is 1.00 bits per heavy atom. The Bertz CT molecular complexity index is 1950. The van der Waals surface area contributed by atoms with Gasteiger partial charge in [-0.3, -0.25) is 0 Å². The van der Waals surface area contributed by atoms with Gasteiger partial charge >= 0.3 is 6.09 Å². The number of benzene rings is 3. The van der Waals surface area contributed by atoms with Crippen molar-refractivity contribution >= 4 is 61.9 Å². The molecule has 0 aliphatic heterocycles. The highest BCUT2D eigenvalue weighted by Gasteiger charge is 2.29. The van der Waals surface area contributed by atoms with Crippen LogP contribution in [0.4, 0.5) is 39.6 Å². The number of nitrogens with two attached hydrogens (primary N) is 1. The van der Waals surface area contributed by atoms with Crippen molar-refractivity contribution in [2.24, 2.45) is 12.2 Å². The summed E-state index contributed by atoms with van der Waals surface area (Å²) in [7, 11) is -0.238. The largest absolute Gasteiger partial charge is 0.464 e. The number of aryl methyl sites for hydroxylation is 1. The van der Waals surface area contributed by atoms with Gasteiger partial charge in [-0.25, -0.2) is 33.2 Å². The number of imidazole rings is 1. The number of hydrogen-bond acceptors (Lipinski definition) is 8. The number of sulfonamides is 1. The summed E-state index contributed by atoms with van der Waals surface area (Å²) in [5.74, 6) is 1.09. The number of fused-ring (bicyclic) bond motifs is 1. The molecule has 1 amide bonds. The fraction of sp³-hybridized carbons (Fsp3) is 0.200. The summed E-state index contributed by atoms with van der Waals surface area (Å²) in [5, 5.41) is 18.6. The van der Waals surface area contributed by atoms with Crippen LogP contribution in [0.15, 0.2) is 83.9 Å². The second-order valence-corrected chi connectivity index (χ2v) is 12.6. The number of aromatic nitrogens is 4. The van der Waals surface area contributed by atoms with Gasteiger partial charge in [-0.2, -0.15) is 4.98 Å². The molecule has 222 valence electrons. The first-order chi connectivity index (χ1) is 20.2. The van der Waals surface area contributed by atoms with E-state index in [4.69, 9.17) is 10.1 Å². The highest BCUT2D eigenvalue weighted by atomic mass is 32.2. The molecule has 3 aromatic carbocycles. The summed E-state index contributed by atoms with van der Waals surface area (Å²) >= 11 is 0. The molecule has 2 heterocycles. The SMILES string of the molecule is CN(c1ccc2c(c1)nc(N(C(=O)O)c1ccccc1C(C)(C)C)n2C)c1ccnc(Nc2cccc(S(N)(=O)=O)c2)n1. The Morgan fingerprint density at radius 2 is 1.74 bits per heavy atom. The molecule has 0 spiro atoms. The molecule has 5 rings (SSSR count). The van der Waals surface area contributed by atoms with Crippen molar-refractivity contribution in [3.63, 3.8) is 0 Å². The normalized spacial score (nSPS) is 11.9. The lowest BCUT2D eigenvalue weighted by Gasteiger charge is -2.27. The number of amides is 1. The van der Waals surface area contributed by atoms with Crippen LogP contribution in [0.2, 0.25) is 0 Å². The molecule has 13 heteroatoms. The highest BCUT2D eigenvalue weighted by Crippen LogP contribution is 2.37. The van der Waals surface area contributed by atoms with E-state index >= 15 is 0 Å². The van der Waals surface area contributed by atoms with Gasteiger partial charge in [0.15, 0.2) is 0 Å². The molecule has 4 N–H and O–H groups in total. The number of nitrogens with zero attached hydrogens (tertiary/aromatic N) is 6. The average molecular weight is 601 g/mol. The molecular formula is C30H32N8O4S. The maximum Gasteiger partial charge on any atom is 0.418 e. The van der Waals surface area contributed by atoms with E-state index in [0.29, 0.717) is 22.7 Å². The summed E-state index contributed by atoms with van der Waals surface area (Å²) in [5.41, 5.74) is 3.73. The Hall–Kier alpha value is -5.01. The monoisotopic (exact) mass is 600 g/mol. The Balaban J connectivity index is 1.48. The number of rotatable bonds is 7. The Labute approximate surface area is 249 Å². The van der Waals surface area contributed by atoms with Crippen molar-refractivity contribution in [1.29, 1.82) is 0 Å². The van der Waals surface area contributed by atoms with Gasteiger partial charge < -0.3 is 19.9 Å². The number of carboxylic acid groups (broad SMARTS) is 1. The lowest BCUT2D eigenvalue weighted by molar-refractivity contribution is 0.204. The first-order valence-electron chi connectivity index (χ1n) is 13.3. The standard InChI is InChI=1S/C30H32N8O4S/c1-30(2,3)22-11-6-7-12-24(22)38(29(39)40)28-34-23-18-20(13-14-25(23)37(28)5)36(4)26-15-16-32-27(35-26)33-19-9-8-10-21(17-19)43(31,41)42/h6-18H,1-5H3,(H,39,40)(H2,31,41,42)(H,32,33,35). The zero-order valence-electron chi connectivity index (χ0n) is 24.3. The molecule has 0 unspecified atom stereocenters. The van der Waals surface area contributed by atoms with E-state index in [1.165, 1.54) is 17.0 Å². The predicted molar refractivity (Wildman–Crippen MR) is 167 cm³/mol. The topological polar surface area (TPSA) is 160 Å². The molecule has 0 saturated heterocycles. The van der Waals surface area contributed by atoms with E-state index < -0.39 is 16.1 Å². The van der Waals surface area contributed by atoms with Crippen LogP contribution in [0.3, 0.4) is 0 Å². The van der Waals surface area contributed by atoms with Crippen LogP contribution in [-0.2, 0) is 22.5 Å². The summed E-state index contributed by atoms with van der Waals surface area (Å²) in [4.78, 5) is 29.2. The molecular weight excluding hydrogens is 568 g/mol.